The monoisotopic (exact) mass is 253 g/mol. The lowest BCUT2D eigenvalue weighted by Gasteiger charge is -2.28. The van der Waals surface area contributed by atoms with Crippen LogP contribution in [-0.4, -0.2) is 18.0 Å². The fourth-order valence-corrected chi connectivity index (χ4v) is 2.82. The van der Waals surface area contributed by atoms with Crippen molar-refractivity contribution in [3.05, 3.63) is 33.3 Å². The summed E-state index contributed by atoms with van der Waals surface area (Å²) in [6.07, 6.45) is 1.21. The van der Waals surface area contributed by atoms with Gasteiger partial charge in [0.15, 0.2) is 0 Å². The van der Waals surface area contributed by atoms with Crippen molar-refractivity contribution in [3.63, 3.8) is 0 Å². The molecule has 1 aliphatic heterocycles. The number of benzene rings is 1. The Bertz CT molecular complexity index is 346. The van der Waals surface area contributed by atoms with Crippen molar-refractivity contribution >= 4 is 15.9 Å². The number of hydrogen-bond donors (Lipinski definition) is 0. The van der Waals surface area contributed by atoms with Crippen LogP contribution in [0.3, 0.4) is 0 Å². The molecule has 2 heteroatoms. The maximum absolute atomic E-state index is 3.56. The van der Waals surface area contributed by atoms with E-state index in [1.54, 1.807) is 5.56 Å². The number of likely N-dealkylation sites (N-methyl/N-ethyl adjacent to an activating group) is 1. The molecule has 2 rings (SSSR count). The normalized spacial score (nSPS) is 16.8. The summed E-state index contributed by atoms with van der Waals surface area (Å²) in [6.45, 7) is 7.93. The van der Waals surface area contributed by atoms with Gasteiger partial charge in [-0.05, 0) is 48.7 Å². The van der Waals surface area contributed by atoms with Gasteiger partial charge in [0.05, 0.1) is 0 Å². The second-order valence-electron chi connectivity index (χ2n) is 3.98. The minimum atomic E-state index is 1.12. The van der Waals surface area contributed by atoms with Gasteiger partial charge in [-0.1, -0.05) is 22.9 Å². The van der Waals surface area contributed by atoms with Gasteiger partial charge in [-0.2, -0.15) is 0 Å². The Morgan fingerprint density at radius 3 is 2.93 bits per heavy atom. The Morgan fingerprint density at radius 1 is 1.43 bits per heavy atom. The van der Waals surface area contributed by atoms with Crippen molar-refractivity contribution in [2.75, 3.05) is 13.1 Å². The Hall–Kier alpha value is -0.340. The first-order chi connectivity index (χ1) is 6.70. The zero-order chi connectivity index (χ0) is 10.1. The van der Waals surface area contributed by atoms with Crippen LogP contribution >= 0.6 is 15.9 Å². The van der Waals surface area contributed by atoms with Crippen LogP contribution in [0.15, 0.2) is 16.6 Å². The van der Waals surface area contributed by atoms with Crippen LogP contribution < -0.4 is 0 Å². The van der Waals surface area contributed by atoms with Gasteiger partial charge < -0.3 is 0 Å². The van der Waals surface area contributed by atoms with Crippen LogP contribution in [-0.2, 0) is 13.0 Å². The van der Waals surface area contributed by atoms with E-state index in [4.69, 9.17) is 0 Å². The smallest absolute Gasteiger partial charge is 0.0236 e. The number of aryl methyl sites for hydroxylation is 1. The van der Waals surface area contributed by atoms with Crippen molar-refractivity contribution in [3.8, 4) is 0 Å². The van der Waals surface area contributed by atoms with Crippen LogP contribution in [0.1, 0.15) is 23.6 Å². The molecule has 1 heterocycles. The third kappa shape index (κ3) is 1.86. The molecule has 14 heavy (non-hydrogen) atoms. The van der Waals surface area contributed by atoms with Gasteiger partial charge in [-0.3, -0.25) is 4.90 Å². The molecular formula is C12H16BrN. The number of fused-ring (bicyclic) bond motifs is 1. The Balaban J connectivity index is 2.37. The second-order valence-corrected chi connectivity index (χ2v) is 4.89. The van der Waals surface area contributed by atoms with Crippen LogP contribution in [0.2, 0.25) is 0 Å². The molecule has 1 aliphatic rings. The molecule has 0 atom stereocenters. The van der Waals surface area contributed by atoms with Gasteiger partial charge in [-0.15, -0.1) is 0 Å². The molecule has 0 N–H and O–H groups in total. The largest absolute Gasteiger partial charge is 0.299 e. The maximum atomic E-state index is 3.56. The summed E-state index contributed by atoms with van der Waals surface area (Å²) in [7, 11) is 0. The van der Waals surface area contributed by atoms with E-state index >= 15 is 0 Å². The third-order valence-corrected chi connectivity index (χ3v) is 3.51. The zero-order valence-electron chi connectivity index (χ0n) is 8.81. The predicted octanol–water partition coefficient (Wildman–Crippen LogP) is 3.14. The van der Waals surface area contributed by atoms with Gasteiger partial charge >= 0.3 is 0 Å². The Kier molecular flexibility index (Phi) is 2.93. The molecule has 1 aromatic rings. The van der Waals surface area contributed by atoms with E-state index in [2.05, 4.69) is 46.8 Å². The molecule has 0 bridgehead atoms. The van der Waals surface area contributed by atoms with Gasteiger partial charge in [0.1, 0.15) is 0 Å². The van der Waals surface area contributed by atoms with E-state index in [1.165, 1.54) is 28.6 Å². The SMILES string of the molecule is CCN1CCc2c(C)cc(Br)cc2C1. The maximum Gasteiger partial charge on any atom is 0.0236 e. The molecule has 1 nitrogen and oxygen atoms in total. The van der Waals surface area contributed by atoms with Crippen molar-refractivity contribution in [2.45, 2.75) is 26.8 Å². The number of nitrogens with zero attached hydrogens (tertiary/aromatic N) is 1. The van der Waals surface area contributed by atoms with E-state index in [0.29, 0.717) is 0 Å². The number of rotatable bonds is 1. The molecule has 0 aromatic heterocycles. The third-order valence-electron chi connectivity index (χ3n) is 3.05. The highest BCUT2D eigenvalue weighted by Crippen LogP contribution is 2.26. The fourth-order valence-electron chi connectivity index (χ4n) is 2.20. The Labute approximate surface area is 94.2 Å². The van der Waals surface area contributed by atoms with Gasteiger partial charge in [-0.25, -0.2) is 0 Å². The molecule has 1 aromatic carbocycles. The molecule has 76 valence electrons. The molecule has 0 saturated heterocycles. The highest BCUT2D eigenvalue weighted by molar-refractivity contribution is 9.10. The van der Waals surface area contributed by atoms with Gasteiger partial charge in [0.2, 0.25) is 0 Å². The van der Waals surface area contributed by atoms with Crippen LogP contribution in [0, 0.1) is 6.92 Å². The quantitative estimate of drug-likeness (QED) is 0.744. The van der Waals surface area contributed by atoms with Crippen molar-refractivity contribution in [1.82, 2.24) is 4.90 Å². The summed E-state index contributed by atoms with van der Waals surface area (Å²) in [5.41, 5.74) is 4.51. The molecule has 0 radical (unpaired) electrons. The molecule has 0 spiro atoms. The standard InChI is InChI=1S/C12H16BrN/c1-3-14-5-4-12-9(2)6-11(13)7-10(12)8-14/h6-7H,3-5,8H2,1-2H3. The lowest BCUT2D eigenvalue weighted by atomic mass is 9.95. The summed E-state index contributed by atoms with van der Waals surface area (Å²) in [5, 5.41) is 0. The molecular weight excluding hydrogens is 238 g/mol. The minimum absolute atomic E-state index is 1.12. The van der Waals surface area contributed by atoms with E-state index in [1.807, 2.05) is 0 Å². The van der Waals surface area contributed by atoms with Crippen molar-refractivity contribution in [2.24, 2.45) is 0 Å². The molecule has 0 unspecified atom stereocenters. The zero-order valence-corrected chi connectivity index (χ0v) is 10.4. The first-order valence-corrected chi connectivity index (χ1v) is 6.00. The second kappa shape index (κ2) is 4.03. The van der Waals surface area contributed by atoms with Crippen LogP contribution in [0.4, 0.5) is 0 Å². The van der Waals surface area contributed by atoms with E-state index in [-0.39, 0.29) is 0 Å². The number of hydrogen-bond acceptors (Lipinski definition) is 1. The molecule has 0 saturated carbocycles. The first-order valence-electron chi connectivity index (χ1n) is 5.21. The summed E-state index contributed by atoms with van der Waals surface area (Å²) in [4.78, 5) is 2.49. The molecule has 0 amide bonds. The topological polar surface area (TPSA) is 3.24 Å². The van der Waals surface area contributed by atoms with Crippen LogP contribution in [0.25, 0.3) is 0 Å². The summed E-state index contributed by atoms with van der Waals surface area (Å²) in [6, 6.07) is 4.49. The average Bonchev–Trinajstić information content (AvgIpc) is 2.16. The van der Waals surface area contributed by atoms with Gasteiger partial charge in [0.25, 0.3) is 0 Å². The van der Waals surface area contributed by atoms with Crippen molar-refractivity contribution in [1.29, 1.82) is 0 Å². The van der Waals surface area contributed by atoms with Crippen LogP contribution in [0.5, 0.6) is 0 Å². The summed E-state index contributed by atoms with van der Waals surface area (Å²) >= 11 is 3.56. The molecule has 0 fully saturated rings. The number of halogens is 1. The van der Waals surface area contributed by atoms with Crippen molar-refractivity contribution < 1.29 is 0 Å². The lowest BCUT2D eigenvalue weighted by Crippen LogP contribution is -2.30. The van der Waals surface area contributed by atoms with E-state index in [9.17, 15) is 0 Å². The highest BCUT2D eigenvalue weighted by atomic mass is 79.9. The summed E-state index contributed by atoms with van der Waals surface area (Å²) < 4.78 is 1.21. The lowest BCUT2D eigenvalue weighted by molar-refractivity contribution is 0.267. The first kappa shape index (κ1) is 10.2. The fraction of sp³-hybridized carbons (Fsp3) is 0.500. The van der Waals surface area contributed by atoms with Gasteiger partial charge in [0, 0.05) is 17.6 Å². The van der Waals surface area contributed by atoms with E-state index in [0.717, 1.165) is 13.1 Å². The summed E-state index contributed by atoms with van der Waals surface area (Å²) in [5.74, 6) is 0. The minimum Gasteiger partial charge on any atom is -0.299 e. The predicted molar refractivity (Wildman–Crippen MR) is 63.5 cm³/mol. The molecule has 0 aliphatic carbocycles. The highest BCUT2D eigenvalue weighted by Gasteiger charge is 2.16. The van der Waals surface area contributed by atoms with E-state index < -0.39 is 0 Å². The average molecular weight is 254 g/mol. The Morgan fingerprint density at radius 2 is 2.21 bits per heavy atom.